The van der Waals surface area contributed by atoms with E-state index in [-0.39, 0.29) is 25.3 Å². The molecule has 6 nitrogen and oxygen atoms in total. The van der Waals surface area contributed by atoms with Crippen LogP contribution < -0.4 is 10.6 Å². The summed E-state index contributed by atoms with van der Waals surface area (Å²) < 4.78 is 45.6. The number of aromatic nitrogens is 2. The van der Waals surface area contributed by atoms with Gasteiger partial charge >= 0.3 is 12.2 Å². The third-order valence-corrected chi connectivity index (χ3v) is 3.81. The van der Waals surface area contributed by atoms with Crippen molar-refractivity contribution in [3.8, 4) is 0 Å². The highest BCUT2D eigenvalue weighted by Gasteiger charge is 2.39. The molecule has 3 rings (SSSR count). The van der Waals surface area contributed by atoms with Crippen LogP contribution in [0.25, 0.3) is 0 Å². The molecular formula is C16H17F3N4O2. The van der Waals surface area contributed by atoms with Gasteiger partial charge < -0.3 is 15.4 Å². The third-order valence-electron chi connectivity index (χ3n) is 3.81. The smallest absolute Gasteiger partial charge is 0.376 e. The quantitative estimate of drug-likeness (QED) is 0.887. The Kier molecular flexibility index (Phi) is 4.93. The van der Waals surface area contributed by atoms with Crippen molar-refractivity contribution in [1.82, 2.24) is 15.1 Å². The number of carbonyl (C=O) groups is 1. The van der Waals surface area contributed by atoms with Gasteiger partial charge in [0.1, 0.15) is 0 Å². The average Bonchev–Trinajstić information content (AvgIpc) is 2.95. The zero-order chi connectivity index (χ0) is 17.9. The molecule has 1 aromatic heterocycles. The molecule has 9 heteroatoms. The van der Waals surface area contributed by atoms with E-state index in [9.17, 15) is 18.0 Å². The summed E-state index contributed by atoms with van der Waals surface area (Å²) in [6.45, 7) is 0.579. The Hall–Kier alpha value is -2.55. The minimum atomic E-state index is -4.52. The summed E-state index contributed by atoms with van der Waals surface area (Å²) in [5.41, 5.74) is 0.334. The van der Waals surface area contributed by atoms with Crippen LogP contribution in [0.3, 0.4) is 0 Å². The Morgan fingerprint density at radius 2 is 2.04 bits per heavy atom. The van der Waals surface area contributed by atoms with Crippen LogP contribution in [0.4, 0.5) is 23.7 Å². The summed E-state index contributed by atoms with van der Waals surface area (Å²) in [6, 6.07) is 8.44. The summed E-state index contributed by atoms with van der Waals surface area (Å²) in [7, 11) is 0. The molecular weight excluding hydrogens is 337 g/mol. The Morgan fingerprint density at radius 1 is 1.28 bits per heavy atom. The van der Waals surface area contributed by atoms with Crippen molar-refractivity contribution < 1.29 is 22.7 Å². The van der Waals surface area contributed by atoms with E-state index in [1.807, 2.05) is 6.07 Å². The largest absolute Gasteiger partial charge is 0.435 e. The molecule has 0 spiro atoms. The fourth-order valence-corrected chi connectivity index (χ4v) is 2.69. The fourth-order valence-electron chi connectivity index (χ4n) is 2.69. The van der Waals surface area contributed by atoms with Crippen molar-refractivity contribution in [2.24, 2.45) is 0 Å². The van der Waals surface area contributed by atoms with Crippen LogP contribution >= 0.6 is 0 Å². The van der Waals surface area contributed by atoms with Crippen molar-refractivity contribution >= 4 is 11.7 Å². The van der Waals surface area contributed by atoms with E-state index >= 15 is 0 Å². The van der Waals surface area contributed by atoms with Gasteiger partial charge in [-0.25, -0.2) is 4.79 Å². The van der Waals surface area contributed by atoms with Crippen LogP contribution in [0, 0.1) is 0 Å². The Morgan fingerprint density at radius 3 is 2.76 bits per heavy atom. The molecule has 2 N–H and O–H groups in total. The fraction of sp³-hybridized carbons (Fsp3) is 0.375. The lowest BCUT2D eigenvalue weighted by molar-refractivity contribution is -0.142. The van der Waals surface area contributed by atoms with E-state index in [1.165, 1.54) is 4.68 Å². The van der Waals surface area contributed by atoms with E-state index < -0.39 is 17.9 Å². The van der Waals surface area contributed by atoms with Gasteiger partial charge in [-0.05, 0) is 12.1 Å². The van der Waals surface area contributed by atoms with Crippen LogP contribution in [-0.4, -0.2) is 29.0 Å². The lowest BCUT2D eigenvalue weighted by atomic mass is 10.1. The number of carbonyl (C=O) groups excluding carboxylic acids is 1. The maximum atomic E-state index is 13.1. The van der Waals surface area contributed by atoms with Crippen LogP contribution in [0.1, 0.15) is 17.0 Å². The number of anilines is 1. The molecule has 0 bridgehead atoms. The van der Waals surface area contributed by atoms with Gasteiger partial charge in [0.05, 0.1) is 19.8 Å². The van der Waals surface area contributed by atoms with Gasteiger partial charge in [0, 0.05) is 29.9 Å². The van der Waals surface area contributed by atoms with Crippen LogP contribution in [0.5, 0.6) is 0 Å². The molecule has 0 saturated carbocycles. The summed E-state index contributed by atoms with van der Waals surface area (Å²) in [5, 5.41) is 8.94. The first kappa shape index (κ1) is 17.3. The first-order chi connectivity index (χ1) is 11.9. The molecule has 0 aliphatic carbocycles. The highest BCUT2D eigenvalue weighted by atomic mass is 19.4. The SMILES string of the molecule is O=C(NCCn1nc(C(F)(F)F)c2c1CCOC2)Nc1ccccc1. The van der Waals surface area contributed by atoms with E-state index in [4.69, 9.17) is 4.74 Å². The second-order valence-corrected chi connectivity index (χ2v) is 5.54. The van der Waals surface area contributed by atoms with Crippen molar-refractivity contribution in [1.29, 1.82) is 0 Å². The van der Waals surface area contributed by atoms with E-state index in [1.54, 1.807) is 24.3 Å². The zero-order valence-corrected chi connectivity index (χ0v) is 13.3. The highest BCUT2D eigenvalue weighted by Crippen LogP contribution is 2.34. The minimum absolute atomic E-state index is 0.0903. The van der Waals surface area contributed by atoms with Gasteiger partial charge in [0.2, 0.25) is 0 Å². The van der Waals surface area contributed by atoms with Gasteiger partial charge in [-0.1, -0.05) is 18.2 Å². The van der Waals surface area contributed by atoms with Gasteiger partial charge in [-0.3, -0.25) is 4.68 Å². The van der Waals surface area contributed by atoms with Crippen LogP contribution in [-0.2, 0) is 30.5 Å². The Balaban J connectivity index is 1.62. The average molecular weight is 354 g/mol. The number of nitrogens with one attached hydrogen (secondary N) is 2. The van der Waals surface area contributed by atoms with Crippen molar-refractivity contribution in [2.75, 3.05) is 18.5 Å². The molecule has 0 saturated heterocycles. The summed E-state index contributed by atoms with van der Waals surface area (Å²) in [4.78, 5) is 11.8. The molecule has 0 fully saturated rings. The molecule has 1 aromatic carbocycles. The molecule has 134 valence electrons. The molecule has 0 atom stereocenters. The number of rotatable bonds is 4. The number of hydrogen-bond acceptors (Lipinski definition) is 3. The van der Waals surface area contributed by atoms with Gasteiger partial charge in [-0.2, -0.15) is 18.3 Å². The molecule has 1 aliphatic heterocycles. The van der Waals surface area contributed by atoms with E-state index in [0.717, 1.165) is 0 Å². The normalized spacial score (nSPS) is 14.0. The standard InChI is InChI=1S/C16H17F3N4O2/c17-16(18,19)14-12-10-25-9-6-13(12)23(22-14)8-7-20-15(24)21-11-4-2-1-3-5-11/h1-5H,6-10H2,(H2,20,21,24). The second kappa shape index (κ2) is 7.14. The topological polar surface area (TPSA) is 68.2 Å². The Labute approximate surface area is 142 Å². The van der Waals surface area contributed by atoms with Gasteiger partial charge in [0.25, 0.3) is 0 Å². The van der Waals surface area contributed by atoms with Crippen molar-refractivity contribution in [3.63, 3.8) is 0 Å². The van der Waals surface area contributed by atoms with E-state index in [0.29, 0.717) is 24.4 Å². The third kappa shape index (κ3) is 4.11. The molecule has 0 radical (unpaired) electrons. The van der Waals surface area contributed by atoms with Gasteiger partial charge in [-0.15, -0.1) is 0 Å². The van der Waals surface area contributed by atoms with Crippen LogP contribution in [0.2, 0.25) is 0 Å². The predicted molar refractivity (Wildman–Crippen MR) is 84.1 cm³/mol. The number of urea groups is 1. The number of fused-ring (bicyclic) bond motifs is 1. The molecule has 1 aliphatic rings. The molecule has 2 aromatic rings. The number of benzene rings is 1. The summed E-state index contributed by atoms with van der Waals surface area (Å²) in [5.74, 6) is 0. The van der Waals surface area contributed by atoms with E-state index in [2.05, 4.69) is 15.7 Å². The maximum Gasteiger partial charge on any atom is 0.435 e. The molecule has 25 heavy (non-hydrogen) atoms. The predicted octanol–water partition coefficient (Wildman–Crippen LogP) is 2.80. The first-order valence-electron chi connectivity index (χ1n) is 7.78. The number of nitrogens with zero attached hydrogens (tertiary/aromatic N) is 2. The van der Waals surface area contributed by atoms with Crippen LogP contribution in [0.15, 0.2) is 30.3 Å². The lowest BCUT2D eigenvalue weighted by Crippen LogP contribution is -2.32. The number of amides is 2. The minimum Gasteiger partial charge on any atom is -0.376 e. The highest BCUT2D eigenvalue weighted by molar-refractivity contribution is 5.89. The molecule has 2 heterocycles. The zero-order valence-electron chi connectivity index (χ0n) is 13.3. The Bertz CT molecular complexity index is 744. The molecule has 0 unspecified atom stereocenters. The molecule has 2 amide bonds. The number of para-hydroxylation sites is 1. The second-order valence-electron chi connectivity index (χ2n) is 5.54. The van der Waals surface area contributed by atoms with Crippen molar-refractivity contribution in [2.45, 2.75) is 25.7 Å². The number of hydrogen-bond donors (Lipinski definition) is 2. The summed E-state index contributed by atoms with van der Waals surface area (Å²) in [6.07, 6.45) is -4.15. The summed E-state index contributed by atoms with van der Waals surface area (Å²) >= 11 is 0. The van der Waals surface area contributed by atoms with Gasteiger partial charge in [0.15, 0.2) is 5.69 Å². The first-order valence-corrected chi connectivity index (χ1v) is 7.78. The lowest BCUT2D eigenvalue weighted by Gasteiger charge is -2.15. The number of ether oxygens (including phenoxy) is 1. The number of halogens is 3. The number of alkyl halides is 3. The monoisotopic (exact) mass is 354 g/mol. The van der Waals surface area contributed by atoms with Crippen molar-refractivity contribution in [3.05, 3.63) is 47.3 Å². The maximum absolute atomic E-state index is 13.1.